The molecular weight excluding hydrogens is 270 g/mol. The highest BCUT2D eigenvalue weighted by molar-refractivity contribution is 6.00. The molecule has 0 radical (unpaired) electrons. The molecule has 0 aliphatic heterocycles. The highest BCUT2D eigenvalue weighted by Crippen LogP contribution is 2.27. The van der Waals surface area contributed by atoms with Crippen LogP contribution in [0, 0.1) is 6.92 Å². The standard InChI is InChI=1S/C16H15NO4/c1-10-14(16(19)21-3)12(11-7-5-4-6-8-11)9-13(17-10)15(18)20-2/h4-9H,1-3H3. The summed E-state index contributed by atoms with van der Waals surface area (Å²) in [5, 5.41) is 0. The van der Waals surface area contributed by atoms with Crippen molar-refractivity contribution in [1.82, 2.24) is 4.98 Å². The number of rotatable bonds is 3. The van der Waals surface area contributed by atoms with Crippen molar-refractivity contribution in [1.29, 1.82) is 0 Å². The zero-order valence-corrected chi connectivity index (χ0v) is 12.0. The van der Waals surface area contributed by atoms with E-state index in [1.807, 2.05) is 30.3 Å². The summed E-state index contributed by atoms with van der Waals surface area (Å²) in [6, 6.07) is 10.8. The molecule has 0 N–H and O–H groups in total. The molecule has 1 aromatic carbocycles. The highest BCUT2D eigenvalue weighted by atomic mass is 16.5. The van der Waals surface area contributed by atoms with Gasteiger partial charge in [0, 0.05) is 5.56 Å². The molecule has 0 saturated carbocycles. The molecule has 0 unspecified atom stereocenters. The van der Waals surface area contributed by atoms with Crippen LogP contribution >= 0.6 is 0 Å². The Morgan fingerprint density at radius 3 is 2.19 bits per heavy atom. The molecule has 2 rings (SSSR count). The fraction of sp³-hybridized carbons (Fsp3) is 0.188. The van der Waals surface area contributed by atoms with Gasteiger partial charge in [-0.15, -0.1) is 0 Å². The normalized spacial score (nSPS) is 10.0. The number of ether oxygens (including phenoxy) is 2. The van der Waals surface area contributed by atoms with E-state index < -0.39 is 11.9 Å². The van der Waals surface area contributed by atoms with Gasteiger partial charge in [0.05, 0.1) is 25.5 Å². The van der Waals surface area contributed by atoms with Crippen LogP contribution in [0.15, 0.2) is 36.4 Å². The minimum Gasteiger partial charge on any atom is -0.465 e. The molecule has 1 heterocycles. The van der Waals surface area contributed by atoms with Crippen molar-refractivity contribution in [3.05, 3.63) is 53.3 Å². The number of methoxy groups -OCH3 is 2. The number of carbonyl (C=O) groups is 2. The molecule has 1 aromatic heterocycles. The van der Waals surface area contributed by atoms with E-state index >= 15 is 0 Å². The van der Waals surface area contributed by atoms with Crippen molar-refractivity contribution in [3.8, 4) is 11.1 Å². The second kappa shape index (κ2) is 6.17. The molecule has 5 nitrogen and oxygen atoms in total. The Bertz CT molecular complexity index is 680. The van der Waals surface area contributed by atoms with Crippen molar-refractivity contribution in [2.45, 2.75) is 6.92 Å². The molecule has 0 aliphatic carbocycles. The van der Waals surface area contributed by atoms with Crippen molar-refractivity contribution in [2.75, 3.05) is 14.2 Å². The molecule has 0 aliphatic rings. The van der Waals surface area contributed by atoms with Gasteiger partial charge >= 0.3 is 11.9 Å². The Morgan fingerprint density at radius 2 is 1.62 bits per heavy atom. The lowest BCUT2D eigenvalue weighted by Crippen LogP contribution is -2.12. The molecular formula is C16H15NO4. The van der Waals surface area contributed by atoms with Gasteiger partial charge < -0.3 is 9.47 Å². The minimum absolute atomic E-state index is 0.154. The summed E-state index contributed by atoms with van der Waals surface area (Å²) in [4.78, 5) is 27.8. The SMILES string of the molecule is COC(=O)c1cc(-c2ccccc2)c(C(=O)OC)c(C)n1. The zero-order valence-electron chi connectivity index (χ0n) is 12.0. The van der Waals surface area contributed by atoms with Gasteiger partial charge in [-0.1, -0.05) is 30.3 Å². The Kier molecular flexibility index (Phi) is 4.33. The Hall–Kier alpha value is -2.69. The zero-order chi connectivity index (χ0) is 15.4. The van der Waals surface area contributed by atoms with Crippen LogP contribution in [0.4, 0.5) is 0 Å². The molecule has 0 fully saturated rings. The molecule has 0 spiro atoms. The molecule has 0 saturated heterocycles. The average molecular weight is 285 g/mol. The van der Waals surface area contributed by atoms with Gasteiger partial charge in [0.25, 0.3) is 0 Å². The Balaban J connectivity index is 2.71. The predicted octanol–water partition coefficient (Wildman–Crippen LogP) is 2.63. The van der Waals surface area contributed by atoms with Crippen LogP contribution < -0.4 is 0 Å². The highest BCUT2D eigenvalue weighted by Gasteiger charge is 2.21. The second-order valence-electron chi connectivity index (χ2n) is 4.36. The first kappa shape index (κ1) is 14.7. The topological polar surface area (TPSA) is 65.5 Å². The van der Waals surface area contributed by atoms with Crippen molar-refractivity contribution in [2.24, 2.45) is 0 Å². The number of pyridine rings is 1. The number of benzene rings is 1. The lowest BCUT2D eigenvalue weighted by molar-refractivity contribution is 0.0580. The van der Waals surface area contributed by atoms with Crippen LogP contribution in [0.3, 0.4) is 0 Å². The summed E-state index contributed by atoms with van der Waals surface area (Å²) in [5.74, 6) is -1.04. The van der Waals surface area contributed by atoms with Gasteiger partial charge in [0.15, 0.2) is 0 Å². The molecule has 0 atom stereocenters. The molecule has 0 amide bonds. The third-order valence-electron chi connectivity index (χ3n) is 3.07. The molecule has 108 valence electrons. The van der Waals surface area contributed by atoms with Crippen LogP contribution in [-0.2, 0) is 9.47 Å². The number of esters is 2. The third-order valence-corrected chi connectivity index (χ3v) is 3.07. The van der Waals surface area contributed by atoms with Gasteiger partial charge in [0.2, 0.25) is 0 Å². The minimum atomic E-state index is -0.549. The fourth-order valence-corrected chi connectivity index (χ4v) is 2.09. The summed E-state index contributed by atoms with van der Waals surface area (Å²) in [6.07, 6.45) is 0. The maximum absolute atomic E-state index is 12.0. The summed E-state index contributed by atoms with van der Waals surface area (Å²) >= 11 is 0. The molecule has 21 heavy (non-hydrogen) atoms. The van der Waals surface area contributed by atoms with E-state index in [9.17, 15) is 9.59 Å². The van der Waals surface area contributed by atoms with Crippen molar-refractivity contribution < 1.29 is 19.1 Å². The lowest BCUT2D eigenvalue weighted by atomic mass is 9.98. The van der Waals surface area contributed by atoms with Gasteiger partial charge in [-0.05, 0) is 18.6 Å². The fourth-order valence-electron chi connectivity index (χ4n) is 2.09. The maximum Gasteiger partial charge on any atom is 0.356 e. The number of aryl methyl sites for hydroxylation is 1. The summed E-state index contributed by atoms with van der Waals surface area (Å²) in [7, 11) is 2.60. The summed E-state index contributed by atoms with van der Waals surface area (Å²) < 4.78 is 9.50. The van der Waals surface area contributed by atoms with E-state index in [2.05, 4.69) is 4.98 Å². The summed E-state index contributed by atoms with van der Waals surface area (Å²) in [5.41, 5.74) is 2.31. The van der Waals surface area contributed by atoms with Gasteiger partial charge in [-0.3, -0.25) is 0 Å². The van der Waals surface area contributed by atoms with Gasteiger partial charge in [0.1, 0.15) is 5.69 Å². The molecule has 0 bridgehead atoms. The first-order valence-electron chi connectivity index (χ1n) is 6.32. The number of hydrogen-bond donors (Lipinski definition) is 0. The quantitative estimate of drug-likeness (QED) is 0.811. The second-order valence-corrected chi connectivity index (χ2v) is 4.36. The van der Waals surface area contributed by atoms with Crippen LogP contribution in [0.2, 0.25) is 0 Å². The van der Waals surface area contributed by atoms with Gasteiger partial charge in [-0.2, -0.15) is 0 Å². The monoisotopic (exact) mass is 285 g/mol. The van der Waals surface area contributed by atoms with Gasteiger partial charge in [-0.25, -0.2) is 14.6 Å². The number of aromatic nitrogens is 1. The smallest absolute Gasteiger partial charge is 0.356 e. The average Bonchev–Trinajstić information content (AvgIpc) is 2.53. The van der Waals surface area contributed by atoms with Crippen LogP contribution in [0.5, 0.6) is 0 Å². The van der Waals surface area contributed by atoms with Crippen LogP contribution in [-0.4, -0.2) is 31.1 Å². The lowest BCUT2D eigenvalue weighted by Gasteiger charge is -2.12. The number of nitrogens with zero attached hydrogens (tertiary/aromatic N) is 1. The van der Waals surface area contributed by atoms with E-state index in [0.29, 0.717) is 16.8 Å². The van der Waals surface area contributed by atoms with Crippen LogP contribution in [0.25, 0.3) is 11.1 Å². The Labute approximate surface area is 122 Å². The van der Waals surface area contributed by atoms with Crippen LogP contribution in [0.1, 0.15) is 26.5 Å². The molecule has 5 heteroatoms. The maximum atomic E-state index is 12.0. The van der Waals surface area contributed by atoms with E-state index in [-0.39, 0.29) is 5.69 Å². The molecule has 2 aromatic rings. The number of carbonyl (C=O) groups excluding carboxylic acids is 2. The first-order valence-corrected chi connectivity index (χ1v) is 6.32. The van der Waals surface area contributed by atoms with E-state index in [1.165, 1.54) is 14.2 Å². The summed E-state index contributed by atoms with van der Waals surface area (Å²) in [6.45, 7) is 1.66. The van der Waals surface area contributed by atoms with E-state index in [0.717, 1.165) is 5.56 Å². The van der Waals surface area contributed by atoms with E-state index in [4.69, 9.17) is 9.47 Å². The van der Waals surface area contributed by atoms with Crippen molar-refractivity contribution >= 4 is 11.9 Å². The first-order chi connectivity index (χ1) is 10.1. The third kappa shape index (κ3) is 2.91. The van der Waals surface area contributed by atoms with E-state index in [1.54, 1.807) is 13.0 Å². The predicted molar refractivity (Wildman–Crippen MR) is 77.1 cm³/mol. The number of hydrogen-bond acceptors (Lipinski definition) is 5. The van der Waals surface area contributed by atoms with Crippen molar-refractivity contribution in [3.63, 3.8) is 0 Å². The Morgan fingerprint density at radius 1 is 1.00 bits per heavy atom. The largest absolute Gasteiger partial charge is 0.465 e.